The molecule has 0 unspecified atom stereocenters. The van der Waals surface area contributed by atoms with Gasteiger partial charge in [-0.15, -0.1) is 0 Å². The van der Waals surface area contributed by atoms with Gasteiger partial charge < -0.3 is 10.1 Å². The standard InChI is InChI=1S/C9H7BrFNO2/c1-4-9(13)12-7-3-6(11)5(10)2-8(7)14-4/h2-4H,1H3,(H,12,13)/t4-/m1/s1. The van der Waals surface area contributed by atoms with Crippen molar-refractivity contribution >= 4 is 27.5 Å². The van der Waals surface area contributed by atoms with Crippen molar-refractivity contribution in [3.05, 3.63) is 22.4 Å². The Morgan fingerprint density at radius 2 is 2.29 bits per heavy atom. The van der Waals surface area contributed by atoms with E-state index in [2.05, 4.69) is 21.2 Å². The molecule has 0 saturated carbocycles. The second-order valence-corrected chi connectivity index (χ2v) is 3.87. The fourth-order valence-corrected chi connectivity index (χ4v) is 1.52. The molecule has 1 atom stereocenters. The maximum absolute atomic E-state index is 13.1. The highest BCUT2D eigenvalue weighted by molar-refractivity contribution is 9.10. The zero-order chi connectivity index (χ0) is 10.3. The highest BCUT2D eigenvalue weighted by atomic mass is 79.9. The molecule has 0 saturated heterocycles. The van der Waals surface area contributed by atoms with E-state index < -0.39 is 11.9 Å². The van der Waals surface area contributed by atoms with E-state index in [0.29, 0.717) is 15.9 Å². The second-order valence-electron chi connectivity index (χ2n) is 3.01. The summed E-state index contributed by atoms with van der Waals surface area (Å²) in [5, 5.41) is 2.55. The minimum atomic E-state index is -0.542. The van der Waals surface area contributed by atoms with Crippen LogP contribution in [0.25, 0.3) is 0 Å². The number of nitrogens with one attached hydrogen (secondary N) is 1. The molecule has 1 N–H and O–H groups in total. The fraction of sp³-hybridized carbons (Fsp3) is 0.222. The van der Waals surface area contributed by atoms with Crippen LogP contribution in [0.15, 0.2) is 16.6 Å². The van der Waals surface area contributed by atoms with Crippen LogP contribution >= 0.6 is 15.9 Å². The molecule has 1 aromatic carbocycles. The van der Waals surface area contributed by atoms with Crippen molar-refractivity contribution in [2.24, 2.45) is 0 Å². The van der Waals surface area contributed by atoms with Gasteiger partial charge in [-0.05, 0) is 28.9 Å². The summed E-state index contributed by atoms with van der Waals surface area (Å²) in [4.78, 5) is 11.2. The van der Waals surface area contributed by atoms with Crippen molar-refractivity contribution < 1.29 is 13.9 Å². The van der Waals surface area contributed by atoms with E-state index in [4.69, 9.17) is 4.74 Å². The van der Waals surface area contributed by atoms with E-state index in [0.717, 1.165) is 0 Å². The smallest absolute Gasteiger partial charge is 0.265 e. The van der Waals surface area contributed by atoms with Crippen molar-refractivity contribution in [3.63, 3.8) is 0 Å². The first-order valence-electron chi connectivity index (χ1n) is 4.04. The molecule has 1 heterocycles. The molecule has 0 radical (unpaired) electrons. The van der Waals surface area contributed by atoms with Gasteiger partial charge in [-0.1, -0.05) is 0 Å². The van der Waals surface area contributed by atoms with Gasteiger partial charge in [0.25, 0.3) is 5.91 Å². The van der Waals surface area contributed by atoms with Crippen LogP contribution in [0.1, 0.15) is 6.92 Å². The molecule has 74 valence electrons. The maximum Gasteiger partial charge on any atom is 0.265 e. The van der Waals surface area contributed by atoms with E-state index >= 15 is 0 Å². The van der Waals surface area contributed by atoms with Crippen LogP contribution in [-0.2, 0) is 4.79 Å². The molecule has 0 fully saturated rings. The van der Waals surface area contributed by atoms with Gasteiger partial charge in [-0.2, -0.15) is 0 Å². The summed E-state index contributed by atoms with van der Waals surface area (Å²) in [6.07, 6.45) is -0.542. The van der Waals surface area contributed by atoms with Crippen LogP contribution in [0.3, 0.4) is 0 Å². The normalized spacial score (nSPS) is 19.6. The molecular formula is C9H7BrFNO2. The van der Waals surface area contributed by atoms with Gasteiger partial charge in [0.05, 0.1) is 10.2 Å². The average molecular weight is 260 g/mol. The van der Waals surface area contributed by atoms with Crippen LogP contribution in [0, 0.1) is 5.82 Å². The van der Waals surface area contributed by atoms with E-state index in [1.807, 2.05) is 0 Å². The largest absolute Gasteiger partial charge is 0.479 e. The average Bonchev–Trinajstić information content (AvgIpc) is 2.11. The van der Waals surface area contributed by atoms with Gasteiger partial charge in [-0.25, -0.2) is 4.39 Å². The third-order valence-corrected chi connectivity index (χ3v) is 2.56. The van der Waals surface area contributed by atoms with Crippen molar-refractivity contribution in [1.29, 1.82) is 0 Å². The first-order chi connectivity index (χ1) is 6.58. The monoisotopic (exact) mass is 259 g/mol. The number of ether oxygens (including phenoxy) is 1. The zero-order valence-corrected chi connectivity index (χ0v) is 8.89. The lowest BCUT2D eigenvalue weighted by molar-refractivity contribution is -0.122. The van der Waals surface area contributed by atoms with E-state index in [9.17, 15) is 9.18 Å². The first kappa shape index (κ1) is 9.45. The number of fused-ring (bicyclic) bond motifs is 1. The predicted octanol–water partition coefficient (Wildman–Crippen LogP) is 2.31. The highest BCUT2D eigenvalue weighted by Crippen LogP contribution is 2.34. The van der Waals surface area contributed by atoms with Crippen LogP contribution < -0.4 is 10.1 Å². The Balaban J connectivity index is 2.47. The molecule has 1 aliphatic heterocycles. The lowest BCUT2D eigenvalue weighted by Gasteiger charge is -2.23. The van der Waals surface area contributed by atoms with Crippen molar-refractivity contribution in [2.75, 3.05) is 5.32 Å². The molecule has 0 aliphatic carbocycles. The Hall–Kier alpha value is -1.10. The van der Waals surface area contributed by atoms with E-state index in [1.54, 1.807) is 6.92 Å². The lowest BCUT2D eigenvalue weighted by Crippen LogP contribution is -2.34. The van der Waals surface area contributed by atoms with Gasteiger partial charge >= 0.3 is 0 Å². The molecule has 0 bridgehead atoms. The van der Waals surface area contributed by atoms with Gasteiger partial charge in [0.15, 0.2) is 6.10 Å². The van der Waals surface area contributed by atoms with Gasteiger partial charge in [0.1, 0.15) is 11.6 Å². The van der Waals surface area contributed by atoms with Crippen LogP contribution in [0.4, 0.5) is 10.1 Å². The summed E-state index contributed by atoms with van der Waals surface area (Å²) in [5.41, 5.74) is 0.369. The summed E-state index contributed by atoms with van der Waals surface area (Å²) in [7, 11) is 0. The summed E-state index contributed by atoms with van der Waals surface area (Å²) >= 11 is 3.04. The summed E-state index contributed by atoms with van der Waals surface area (Å²) in [6.45, 7) is 1.63. The van der Waals surface area contributed by atoms with E-state index in [-0.39, 0.29) is 5.91 Å². The van der Waals surface area contributed by atoms with Crippen molar-refractivity contribution in [1.82, 2.24) is 0 Å². The van der Waals surface area contributed by atoms with E-state index in [1.165, 1.54) is 12.1 Å². The number of amides is 1. The van der Waals surface area contributed by atoms with Crippen molar-refractivity contribution in [2.45, 2.75) is 13.0 Å². The number of halogens is 2. The lowest BCUT2D eigenvalue weighted by atomic mass is 10.2. The van der Waals surface area contributed by atoms with Crippen LogP contribution in [0.2, 0.25) is 0 Å². The number of anilines is 1. The van der Waals surface area contributed by atoms with Crippen molar-refractivity contribution in [3.8, 4) is 5.75 Å². The molecular weight excluding hydrogens is 253 g/mol. The Bertz CT molecular complexity index is 408. The maximum atomic E-state index is 13.1. The van der Waals surface area contributed by atoms with Gasteiger partial charge in [-0.3, -0.25) is 4.79 Å². The quantitative estimate of drug-likeness (QED) is 0.777. The van der Waals surface area contributed by atoms with Crippen LogP contribution in [-0.4, -0.2) is 12.0 Å². The molecule has 0 spiro atoms. The molecule has 1 aliphatic rings. The SMILES string of the molecule is C[C@H]1Oc2cc(Br)c(F)cc2NC1=O. The number of carbonyl (C=O) groups excluding carboxylic acids is 1. The number of hydrogen-bond donors (Lipinski definition) is 1. The molecule has 3 nitrogen and oxygen atoms in total. The fourth-order valence-electron chi connectivity index (χ4n) is 1.20. The second kappa shape index (κ2) is 3.24. The highest BCUT2D eigenvalue weighted by Gasteiger charge is 2.24. The predicted molar refractivity (Wildman–Crippen MR) is 52.8 cm³/mol. The number of benzene rings is 1. The first-order valence-corrected chi connectivity index (χ1v) is 4.84. The Morgan fingerprint density at radius 1 is 1.57 bits per heavy atom. The zero-order valence-electron chi connectivity index (χ0n) is 7.30. The van der Waals surface area contributed by atoms with Gasteiger partial charge in [0.2, 0.25) is 0 Å². The summed E-state index contributed by atoms with van der Waals surface area (Å²) < 4.78 is 18.7. The molecule has 14 heavy (non-hydrogen) atoms. The summed E-state index contributed by atoms with van der Waals surface area (Å²) in [6, 6.07) is 2.73. The number of carbonyl (C=O) groups is 1. The third-order valence-electron chi connectivity index (χ3n) is 1.95. The third kappa shape index (κ3) is 1.48. The minimum absolute atomic E-state index is 0.265. The Morgan fingerprint density at radius 3 is 3.00 bits per heavy atom. The molecule has 0 aromatic heterocycles. The Labute approximate surface area is 88.4 Å². The number of rotatable bonds is 0. The topological polar surface area (TPSA) is 38.3 Å². The summed E-state index contributed by atoms with van der Waals surface area (Å²) in [5.74, 6) is -0.216. The van der Waals surface area contributed by atoms with Gasteiger partial charge in [0, 0.05) is 6.07 Å². The Kier molecular flexibility index (Phi) is 2.19. The number of hydrogen-bond acceptors (Lipinski definition) is 2. The minimum Gasteiger partial charge on any atom is -0.479 e. The van der Waals surface area contributed by atoms with Crippen LogP contribution in [0.5, 0.6) is 5.75 Å². The molecule has 5 heteroatoms. The molecule has 1 aromatic rings. The molecule has 2 rings (SSSR count). The molecule has 1 amide bonds.